The first kappa shape index (κ1) is 12.4. The van der Waals surface area contributed by atoms with Crippen LogP contribution in [0, 0.1) is 6.92 Å². The van der Waals surface area contributed by atoms with Gasteiger partial charge in [-0.2, -0.15) is 0 Å². The number of hydrogen-bond donors (Lipinski definition) is 2. The second-order valence-corrected chi connectivity index (χ2v) is 6.67. The molecule has 0 saturated carbocycles. The molecule has 3 nitrogen and oxygen atoms in total. The van der Waals surface area contributed by atoms with Crippen molar-refractivity contribution in [3.05, 3.63) is 50.8 Å². The Balaban J connectivity index is 1.85. The van der Waals surface area contributed by atoms with E-state index in [-0.39, 0.29) is 5.91 Å². The lowest BCUT2D eigenvalue weighted by Gasteiger charge is -2.03. The first-order chi connectivity index (χ1) is 9.13. The van der Waals surface area contributed by atoms with Crippen LogP contribution in [-0.4, -0.2) is 10.9 Å². The third-order valence-corrected chi connectivity index (χ3v) is 5.03. The molecule has 1 amide bonds. The van der Waals surface area contributed by atoms with E-state index in [4.69, 9.17) is 0 Å². The predicted molar refractivity (Wildman–Crippen MR) is 83.0 cm³/mol. The topological polar surface area (TPSA) is 44.9 Å². The lowest BCUT2D eigenvalue weighted by molar-refractivity contribution is 0.103. The van der Waals surface area contributed by atoms with E-state index in [0.717, 1.165) is 25.9 Å². The van der Waals surface area contributed by atoms with Crippen LogP contribution in [0.4, 0.5) is 5.69 Å². The molecule has 0 aliphatic carbocycles. The highest BCUT2D eigenvalue weighted by molar-refractivity contribution is 9.11. The van der Waals surface area contributed by atoms with E-state index >= 15 is 0 Å². The van der Waals surface area contributed by atoms with Crippen LogP contribution < -0.4 is 5.32 Å². The number of amides is 1. The molecule has 0 saturated heterocycles. The predicted octanol–water partition coefficient (Wildman–Crippen LogP) is 4.55. The fourth-order valence-corrected chi connectivity index (χ4v) is 3.33. The van der Waals surface area contributed by atoms with Crippen LogP contribution in [0.2, 0.25) is 0 Å². The number of aromatic amines is 1. The molecular formula is C14H11BrN2OS. The van der Waals surface area contributed by atoms with Gasteiger partial charge < -0.3 is 10.3 Å². The number of carbonyl (C=O) groups excluding carboxylic acids is 1. The Morgan fingerprint density at radius 2 is 2.16 bits per heavy atom. The van der Waals surface area contributed by atoms with Gasteiger partial charge >= 0.3 is 0 Å². The molecule has 2 N–H and O–H groups in total. The molecule has 0 atom stereocenters. The van der Waals surface area contributed by atoms with Crippen LogP contribution in [0.3, 0.4) is 0 Å². The van der Waals surface area contributed by atoms with Gasteiger partial charge in [-0.05, 0) is 58.7 Å². The fraction of sp³-hybridized carbons (Fsp3) is 0.0714. The lowest BCUT2D eigenvalue weighted by atomic mass is 10.2. The van der Waals surface area contributed by atoms with Gasteiger partial charge in [0.15, 0.2) is 0 Å². The maximum absolute atomic E-state index is 12.1. The molecule has 0 aliphatic rings. The Labute approximate surface area is 122 Å². The standard InChI is InChI=1S/C14H11BrN2OS/c1-8-6-12(19-13(8)15)14(18)17-10-2-3-11-9(7-10)4-5-16-11/h2-7,16H,1H3,(H,17,18). The van der Waals surface area contributed by atoms with E-state index in [9.17, 15) is 4.79 Å². The molecule has 2 aromatic heterocycles. The summed E-state index contributed by atoms with van der Waals surface area (Å²) >= 11 is 4.88. The lowest BCUT2D eigenvalue weighted by Crippen LogP contribution is -2.09. The number of halogens is 1. The molecule has 0 spiro atoms. The molecule has 5 heteroatoms. The summed E-state index contributed by atoms with van der Waals surface area (Å²) in [5.74, 6) is -0.0753. The van der Waals surface area contributed by atoms with Crippen molar-refractivity contribution in [2.24, 2.45) is 0 Å². The van der Waals surface area contributed by atoms with Crippen LogP contribution >= 0.6 is 27.3 Å². The van der Waals surface area contributed by atoms with E-state index in [1.165, 1.54) is 11.3 Å². The number of nitrogens with one attached hydrogen (secondary N) is 2. The summed E-state index contributed by atoms with van der Waals surface area (Å²) in [6.07, 6.45) is 1.88. The Morgan fingerprint density at radius 3 is 2.89 bits per heavy atom. The molecule has 0 bridgehead atoms. The number of fused-ring (bicyclic) bond motifs is 1. The molecule has 0 unspecified atom stereocenters. The van der Waals surface area contributed by atoms with Crippen molar-refractivity contribution in [1.82, 2.24) is 4.98 Å². The zero-order valence-corrected chi connectivity index (χ0v) is 12.6. The van der Waals surface area contributed by atoms with Crippen molar-refractivity contribution in [3.63, 3.8) is 0 Å². The molecule has 2 heterocycles. The first-order valence-corrected chi connectivity index (χ1v) is 7.39. The van der Waals surface area contributed by atoms with Gasteiger partial charge in [0, 0.05) is 22.8 Å². The number of hydrogen-bond acceptors (Lipinski definition) is 2. The number of aromatic nitrogens is 1. The van der Waals surface area contributed by atoms with E-state index in [2.05, 4.69) is 26.2 Å². The summed E-state index contributed by atoms with van der Waals surface area (Å²) < 4.78 is 0.999. The van der Waals surface area contributed by atoms with E-state index in [1.807, 2.05) is 43.5 Å². The van der Waals surface area contributed by atoms with Crippen molar-refractivity contribution in [3.8, 4) is 0 Å². The highest BCUT2D eigenvalue weighted by Gasteiger charge is 2.11. The zero-order valence-electron chi connectivity index (χ0n) is 10.2. The second-order valence-electron chi connectivity index (χ2n) is 4.30. The van der Waals surface area contributed by atoms with Crippen LogP contribution in [-0.2, 0) is 0 Å². The molecule has 3 rings (SSSR count). The third kappa shape index (κ3) is 2.43. The van der Waals surface area contributed by atoms with Gasteiger partial charge in [0.2, 0.25) is 0 Å². The third-order valence-electron chi connectivity index (χ3n) is 2.89. The quantitative estimate of drug-likeness (QED) is 0.709. The molecule has 19 heavy (non-hydrogen) atoms. The first-order valence-electron chi connectivity index (χ1n) is 5.78. The Kier molecular flexibility index (Phi) is 3.16. The number of thiophene rings is 1. The van der Waals surface area contributed by atoms with Crippen molar-refractivity contribution in [2.45, 2.75) is 6.92 Å². The molecular weight excluding hydrogens is 324 g/mol. The van der Waals surface area contributed by atoms with Crippen LogP contribution in [0.15, 0.2) is 40.3 Å². The average Bonchev–Trinajstić information content (AvgIpc) is 2.96. The van der Waals surface area contributed by atoms with Gasteiger partial charge in [-0.3, -0.25) is 4.79 Å². The average molecular weight is 335 g/mol. The van der Waals surface area contributed by atoms with Crippen LogP contribution in [0.25, 0.3) is 10.9 Å². The normalized spacial score (nSPS) is 10.8. The van der Waals surface area contributed by atoms with Crippen LogP contribution in [0.1, 0.15) is 15.2 Å². The summed E-state index contributed by atoms with van der Waals surface area (Å²) in [5.41, 5.74) is 2.95. The minimum atomic E-state index is -0.0753. The number of aryl methyl sites for hydroxylation is 1. The van der Waals surface area contributed by atoms with Gasteiger partial charge in [0.05, 0.1) is 8.66 Å². The Hall–Kier alpha value is -1.59. The molecule has 96 valence electrons. The summed E-state index contributed by atoms with van der Waals surface area (Å²) in [6.45, 7) is 1.98. The van der Waals surface area contributed by atoms with Gasteiger partial charge in [-0.15, -0.1) is 11.3 Å². The summed E-state index contributed by atoms with van der Waals surface area (Å²) in [5, 5.41) is 4.00. The maximum atomic E-state index is 12.1. The highest BCUT2D eigenvalue weighted by Crippen LogP contribution is 2.28. The molecule has 0 aliphatic heterocycles. The second kappa shape index (κ2) is 4.83. The van der Waals surface area contributed by atoms with Crippen molar-refractivity contribution in [2.75, 3.05) is 5.32 Å². The molecule has 1 aromatic carbocycles. The number of carbonyl (C=O) groups is 1. The minimum absolute atomic E-state index is 0.0753. The summed E-state index contributed by atoms with van der Waals surface area (Å²) in [6, 6.07) is 9.68. The number of H-pyrrole nitrogens is 1. The Morgan fingerprint density at radius 1 is 1.32 bits per heavy atom. The van der Waals surface area contributed by atoms with E-state index in [0.29, 0.717) is 4.88 Å². The smallest absolute Gasteiger partial charge is 0.265 e. The fourth-order valence-electron chi connectivity index (χ4n) is 1.90. The minimum Gasteiger partial charge on any atom is -0.361 e. The highest BCUT2D eigenvalue weighted by atomic mass is 79.9. The zero-order chi connectivity index (χ0) is 13.4. The van der Waals surface area contributed by atoms with Crippen molar-refractivity contribution < 1.29 is 4.79 Å². The van der Waals surface area contributed by atoms with Gasteiger partial charge in [0.25, 0.3) is 5.91 Å². The van der Waals surface area contributed by atoms with E-state index < -0.39 is 0 Å². The summed E-state index contributed by atoms with van der Waals surface area (Å²) in [7, 11) is 0. The largest absolute Gasteiger partial charge is 0.361 e. The van der Waals surface area contributed by atoms with Gasteiger partial charge in [-0.1, -0.05) is 0 Å². The number of benzene rings is 1. The molecule has 3 aromatic rings. The summed E-state index contributed by atoms with van der Waals surface area (Å²) in [4.78, 5) is 16.0. The maximum Gasteiger partial charge on any atom is 0.265 e. The van der Waals surface area contributed by atoms with E-state index in [1.54, 1.807) is 0 Å². The molecule has 0 radical (unpaired) electrons. The monoisotopic (exact) mass is 334 g/mol. The molecule has 0 fully saturated rings. The van der Waals surface area contributed by atoms with Gasteiger partial charge in [-0.25, -0.2) is 0 Å². The number of rotatable bonds is 2. The SMILES string of the molecule is Cc1cc(C(=O)Nc2ccc3[nH]ccc3c2)sc1Br. The Bertz CT molecular complexity index is 740. The van der Waals surface area contributed by atoms with Crippen molar-refractivity contribution >= 4 is 49.8 Å². The number of anilines is 1. The van der Waals surface area contributed by atoms with Gasteiger partial charge in [0.1, 0.15) is 0 Å². The van der Waals surface area contributed by atoms with Crippen LogP contribution in [0.5, 0.6) is 0 Å². The van der Waals surface area contributed by atoms with Crippen molar-refractivity contribution in [1.29, 1.82) is 0 Å².